The summed E-state index contributed by atoms with van der Waals surface area (Å²) in [5.41, 5.74) is 0.594. The van der Waals surface area contributed by atoms with Crippen LogP contribution in [-0.4, -0.2) is 16.9 Å². The second-order valence-electron chi connectivity index (χ2n) is 3.12. The van der Waals surface area contributed by atoms with Gasteiger partial charge in [0.2, 0.25) is 0 Å². The van der Waals surface area contributed by atoms with Gasteiger partial charge in [0, 0.05) is 0 Å². The Morgan fingerprint density at radius 3 is 2.40 bits per heavy atom. The molecule has 1 N–H and O–H groups in total. The average Bonchev–Trinajstić information content (AvgIpc) is 2.15. The Morgan fingerprint density at radius 1 is 1.40 bits per heavy atom. The first-order chi connectivity index (χ1) is 6.86. The number of carboxylic acid groups (broad SMARTS) is 1. The van der Waals surface area contributed by atoms with Crippen LogP contribution in [0, 0.1) is 19.7 Å². The summed E-state index contributed by atoms with van der Waals surface area (Å²) in [5, 5.41) is 8.10. The number of hydrogen-bond acceptors (Lipinski definition) is 2. The van der Waals surface area contributed by atoms with Crippen LogP contribution >= 0.6 is 11.6 Å². The van der Waals surface area contributed by atoms with E-state index in [1.54, 1.807) is 6.92 Å². The van der Waals surface area contributed by atoms with Crippen LogP contribution in [0.25, 0.3) is 0 Å². The standard InChI is InChI=1S/C10H8ClFO3/c1-4-3-6(12)8(11)7(5(4)2)9(13)10(14)15/h3H,1-2H3,(H,14,15). The van der Waals surface area contributed by atoms with E-state index in [9.17, 15) is 14.0 Å². The van der Waals surface area contributed by atoms with Gasteiger partial charge in [0.1, 0.15) is 5.82 Å². The first kappa shape index (κ1) is 11.7. The van der Waals surface area contributed by atoms with Crippen molar-refractivity contribution in [2.24, 2.45) is 0 Å². The summed E-state index contributed by atoms with van der Waals surface area (Å²) in [6.45, 7) is 3.10. The number of hydrogen-bond donors (Lipinski definition) is 1. The third-order valence-corrected chi connectivity index (χ3v) is 2.53. The van der Waals surface area contributed by atoms with Gasteiger partial charge in [0.15, 0.2) is 0 Å². The van der Waals surface area contributed by atoms with Gasteiger partial charge in [-0.3, -0.25) is 4.79 Å². The highest BCUT2D eigenvalue weighted by atomic mass is 35.5. The van der Waals surface area contributed by atoms with Gasteiger partial charge in [-0.05, 0) is 31.0 Å². The fourth-order valence-corrected chi connectivity index (χ4v) is 1.50. The molecule has 0 saturated heterocycles. The molecule has 3 nitrogen and oxygen atoms in total. The van der Waals surface area contributed by atoms with Gasteiger partial charge in [0.25, 0.3) is 5.78 Å². The number of carbonyl (C=O) groups is 2. The molecule has 0 radical (unpaired) electrons. The molecular weight excluding hydrogens is 223 g/mol. The molecule has 0 fully saturated rings. The highest BCUT2D eigenvalue weighted by Crippen LogP contribution is 2.26. The van der Waals surface area contributed by atoms with Crippen molar-refractivity contribution < 1.29 is 19.1 Å². The zero-order valence-electron chi connectivity index (χ0n) is 8.10. The summed E-state index contributed by atoms with van der Waals surface area (Å²) in [6.07, 6.45) is 0. The molecule has 0 bridgehead atoms. The van der Waals surface area contributed by atoms with Crippen molar-refractivity contribution in [3.05, 3.63) is 33.6 Å². The minimum atomic E-state index is -1.65. The van der Waals surface area contributed by atoms with Crippen LogP contribution in [-0.2, 0) is 4.79 Å². The lowest BCUT2D eigenvalue weighted by atomic mass is 10.00. The highest BCUT2D eigenvalue weighted by molar-refractivity contribution is 6.45. The van der Waals surface area contributed by atoms with E-state index in [0.29, 0.717) is 11.1 Å². The molecule has 15 heavy (non-hydrogen) atoms. The molecule has 0 spiro atoms. The van der Waals surface area contributed by atoms with Crippen LogP contribution in [0.1, 0.15) is 21.5 Å². The Morgan fingerprint density at radius 2 is 1.93 bits per heavy atom. The summed E-state index contributed by atoms with van der Waals surface area (Å²) < 4.78 is 13.2. The number of carbonyl (C=O) groups excluding carboxylic acids is 1. The van der Waals surface area contributed by atoms with Crippen LogP contribution in [0.3, 0.4) is 0 Å². The molecule has 0 saturated carbocycles. The normalized spacial score (nSPS) is 10.1. The highest BCUT2D eigenvalue weighted by Gasteiger charge is 2.23. The zero-order chi connectivity index (χ0) is 11.7. The Labute approximate surface area is 90.5 Å². The number of Topliss-reactive ketones (excluding diaryl/α,β-unsaturated/α-hetero) is 1. The van der Waals surface area contributed by atoms with Gasteiger partial charge in [-0.2, -0.15) is 0 Å². The summed E-state index contributed by atoms with van der Waals surface area (Å²) in [7, 11) is 0. The van der Waals surface area contributed by atoms with Crippen molar-refractivity contribution in [2.45, 2.75) is 13.8 Å². The second kappa shape index (κ2) is 3.98. The number of aryl methyl sites for hydroxylation is 1. The van der Waals surface area contributed by atoms with Gasteiger partial charge in [-0.15, -0.1) is 0 Å². The molecule has 0 aromatic heterocycles. The quantitative estimate of drug-likeness (QED) is 0.627. The minimum absolute atomic E-state index is 0.276. The molecule has 1 rings (SSSR count). The Hall–Kier alpha value is -1.42. The number of carboxylic acids is 1. The van der Waals surface area contributed by atoms with Crippen LogP contribution in [0.5, 0.6) is 0 Å². The van der Waals surface area contributed by atoms with Crippen LogP contribution in [0.4, 0.5) is 4.39 Å². The molecule has 80 valence electrons. The van der Waals surface area contributed by atoms with E-state index >= 15 is 0 Å². The Balaban J connectivity index is 3.53. The van der Waals surface area contributed by atoms with Gasteiger partial charge in [0.05, 0.1) is 10.6 Å². The first-order valence-corrected chi connectivity index (χ1v) is 4.47. The van der Waals surface area contributed by atoms with Crippen molar-refractivity contribution in [2.75, 3.05) is 0 Å². The van der Waals surface area contributed by atoms with E-state index in [0.717, 1.165) is 6.07 Å². The van der Waals surface area contributed by atoms with Gasteiger partial charge in [-0.25, -0.2) is 9.18 Å². The van der Waals surface area contributed by atoms with E-state index in [2.05, 4.69) is 0 Å². The summed E-state index contributed by atoms with van der Waals surface area (Å²) in [4.78, 5) is 21.7. The number of halogens is 2. The number of aliphatic carboxylic acids is 1. The van der Waals surface area contributed by atoms with Crippen molar-refractivity contribution in [1.82, 2.24) is 0 Å². The summed E-state index contributed by atoms with van der Waals surface area (Å²) in [6, 6.07) is 1.16. The maximum absolute atomic E-state index is 13.2. The van der Waals surface area contributed by atoms with Crippen molar-refractivity contribution in [3.63, 3.8) is 0 Å². The Kier molecular flexibility index (Phi) is 3.09. The predicted octanol–water partition coefficient (Wildman–Crippen LogP) is 2.36. The van der Waals surface area contributed by atoms with Crippen molar-refractivity contribution in [1.29, 1.82) is 0 Å². The minimum Gasteiger partial charge on any atom is -0.475 e. The molecular formula is C10H8ClFO3. The molecule has 0 unspecified atom stereocenters. The van der Waals surface area contributed by atoms with E-state index in [4.69, 9.17) is 16.7 Å². The number of ketones is 1. The maximum atomic E-state index is 13.2. The van der Waals surface area contributed by atoms with Crippen molar-refractivity contribution in [3.8, 4) is 0 Å². The second-order valence-corrected chi connectivity index (χ2v) is 3.50. The topological polar surface area (TPSA) is 54.4 Å². The lowest BCUT2D eigenvalue weighted by molar-refractivity contribution is -0.131. The molecule has 0 atom stereocenters. The molecule has 0 aliphatic rings. The molecule has 0 aliphatic heterocycles. The largest absolute Gasteiger partial charge is 0.475 e. The van der Waals surface area contributed by atoms with E-state index in [-0.39, 0.29) is 5.56 Å². The Bertz CT molecular complexity index is 428. The van der Waals surface area contributed by atoms with E-state index < -0.39 is 22.6 Å². The lowest BCUT2D eigenvalue weighted by Crippen LogP contribution is -2.16. The van der Waals surface area contributed by atoms with Crippen LogP contribution < -0.4 is 0 Å². The fraction of sp³-hybridized carbons (Fsp3) is 0.200. The fourth-order valence-electron chi connectivity index (χ4n) is 1.22. The molecule has 0 aliphatic carbocycles. The van der Waals surface area contributed by atoms with Gasteiger partial charge >= 0.3 is 5.97 Å². The third-order valence-electron chi connectivity index (χ3n) is 2.16. The lowest BCUT2D eigenvalue weighted by Gasteiger charge is -2.08. The molecule has 0 heterocycles. The van der Waals surface area contributed by atoms with Crippen molar-refractivity contribution >= 4 is 23.4 Å². The summed E-state index contributed by atoms with van der Waals surface area (Å²) >= 11 is 5.55. The third kappa shape index (κ3) is 1.99. The summed E-state index contributed by atoms with van der Waals surface area (Å²) in [5.74, 6) is -3.63. The monoisotopic (exact) mass is 230 g/mol. The smallest absolute Gasteiger partial charge is 0.377 e. The number of rotatable bonds is 2. The molecule has 1 aromatic carbocycles. The van der Waals surface area contributed by atoms with E-state index in [1.165, 1.54) is 6.92 Å². The zero-order valence-corrected chi connectivity index (χ0v) is 8.85. The average molecular weight is 231 g/mol. The molecule has 0 amide bonds. The van der Waals surface area contributed by atoms with Gasteiger partial charge < -0.3 is 5.11 Å². The first-order valence-electron chi connectivity index (χ1n) is 4.09. The van der Waals surface area contributed by atoms with Crippen LogP contribution in [0.15, 0.2) is 6.07 Å². The van der Waals surface area contributed by atoms with Crippen LogP contribution in [0.2, 0.25) is 5.02 Å². The molecule has 5 heteroatoms. The van der Waals surface area contributed by atoms with Gasteiger partial charge in [-0.1, -0.05) is 11.6 Å². The van der Waals surface area contributed by atoms with E-state index in [1.807, 2.05) is 0 Å². The maximum Gasteiger partial charge on any atom is 0.377 e. The predicted molar refractivity (Wildman–Crippen MR) is 52.9 cm³/mol. The SMILES string of the molecule is Cc1cc(F)c(Cl)c(C(=O)C(=O)O)c1C. The molecule has 1 aromatic rings. The number of benzene rings is 1.